The summed E-state index contributed by atoms with van der Waals surface area (Å²) >= 11 is 1.54. The summed E-state index contributed by atoms with van der Waals surface area (Å²) in [5.74, 6) is 1.35. The van der Waals surface area contributed by atoms with E-state index in [1.807, 2.05) is 48.5 Å². The lowest BCUT2D eigenvalue weighted by Gasteiger charge is -2.23. The third-order valence-electron chi connectivity index (χ3n) is 5.13. The molecule has 1 amide bonds. The summed E-state index contributed by atoms with van der Waals surface area (Å²) < 4.78 is 11.8. The first kappa shape index (κ1) is 20.4. The smallest absolute Gasteiger partial charge is 0.252 e. The molecule has 6 nitrogen and oxygen atoms in total. The van der Waals surface area contributed by atoms with Crippen LogP contribution in [0, 0.1) is 0 Å². The van der Waals surface area contributed by atoms with E-state index in [2.05, 4.69) is 18.7 Å². The van der Waals surface area contributed by atoms with Crippen LogP contribution in [0.5, 0.6) is 11.5 Å². The number of likely N-dealkylation sites (N-methyl/N-ethyl adjacent to an activating group) is 1. The SMILES string of the molecule is CCN(CC)CCN(C(=O)/C=C/c1ccc2c(c1)OCO2)c1nc2ccccc2s1. The van der Waals surface area contributed by atoms with Gasteiger partial charge < -0.3 is 14.4 Å². The van der Waals surface area contributed by atoms with Crippen molar-refractivity contribution in [2.45, 2.75) is 13.8 Å². The van der Waals surface area contributed by atoms with Crippen LogP contribution in [0.25, 0.3) is 16.3 Å². The van der Waals surface area contributed by atoms with Crippen molar-refractivity contribution in [3.8, 4) is 11.5 Å². The fraction of sp³-hybridized carbons (Fsp3) is 0.304. The minimum absolute atomic E-state index is 0.0844. The van der Waals surface area contributed by atoms with Crippen LogP contribution in [0.15, 0.2) is 48.5 Å². The molecule has 7 heteroatoms. The predicted octanol–water partition coefficient (Wildman–Crippen LogP) is 4.41. The van der Waals surface area contributed by atoms with Crippen molar-refractivity contribution in [1.29, 1.82) is 0 Å². The Kier molecular flexibility index (Phi) is 6.30. The summed E-state index contributed by atoms with van der Waals surface area (Å²) in [6, 6.07) is 13.6. The van der Waals surface area contributed by atoms with Crippen LogP contribution in [-0.4, -0.2) is 48.8 Å². The zero-order valence-corrected chi connectivity index (χ0v) is 18.0. The van der Waals surface area contributed by atoms with Crippen molar-refractivity contribution in [1.82, 2.24) is 9.88 Å². The Morgan fingerprint density at radius 3 is 2.70 bits per heavy atom. The fourth-order valence-electron chi connectivity index (χ4n) is 3.33. The van der Waals surface area contributed by atoms with Crippen molar-refractivity contribution in [2.24, 2.45) is 0 Å². The number of para-hydroxylation sites is 1. The minimum Gasteiger partial charge on any atom is -0.454 e. The van der Waals surface area contributed by atoms with Gasteiger partial charge in [-0.05, 0) is 49.0 Å². The van der Waals surface area contributed by atoms with Gasteiger partial charge in [0.25, 0.3) is 5.91 Å². The maximum atomic E-state index is 13.1. The van der Waals surface area contributed by atoms with Crippen LogP contribution >= 0.6 is 11.3 Å². The van der Waals surface area contributed by atoms with Crippen molar-refractivity contribution >= 4 is 38.7 Å². The topological polar surface area (TPSA) is 54.9 Å². The minimum atomic E-state index is -0.0844. The zero-order chi connectivity index (χ0) is 20.9. The van der Waals surface area contributed by atoms with E-state index in [4.69, 9.17) is 14.5 Å². The van der Waals surface area contributed by atoms with Crippen molar-refractivity contribution in [3.63, 3.8) is 0 Å². The summed E-state index contributed by atoms with van der Waals surface area (Å²) in [4.78, 5) is 21.9. The summed E-state index contributed by atoms with van der Waals surface area (Å²) in [6.07, 6.45) is 3.41. The molecular weight excluding hydrogens is 398 g/mol. The van der Waals surface area contributed by atoms with E-state index in [1.165, 1.54) is 0 Å². The van der Waals surface area contributed by atoms with Gasteiger partial charge in [-0.1, -0.05) is 43.4 Å². The summed E-state index contributed by atoms with van der Waals surface area (Å²) in [6.45, 7) is 7.78. The normalized spacial score (nSPS) is 12.9. The molecule has 0 atom stereocenters. The highest BCUT2D eigenvalue weighted by Crippen LogP contribution is 2.33. The Morgan fingerprint density at radius 2 is 1.90 bits per heavy atom. The molecule has 0 spiro atoms. The van der Waals surface area contributed by atoms with Gasteiger partial charge >= 0.3 is 0 Å². The lowest BCUT2D eigenvalue weighted by Crippen LogP contribution is -2.38. The molecule has 0 radical (unpaired) electrons. The lowest BCUT2D eigenvalue weighted by atomic mass is 10.2. The maximum Gasteiger partial charge on any atom is 0.252 e. The van der Waals surface area contributed by atoms with E-state index in [9.17, 15) is 4.79 Å². The highest BCUT2D eigenvalue weighted by molar-refractivity contribution is 7.22. The van der Waals surface area contributed by atoms with Crippen molar-refractivity contribution in [3.05, 3.63) is 54.1 Å². The monoisotopic (exact) mass is 423 g/mol. The standard InChI is InChI=1S/C23H25N3O3S/c1-3-25(4-2)13-14-26(23-24-18-7-5-6-8-21(18)30-23)22(27)12-10-17-9-11-19-20(15-17)29-16-28-19/h5-12,15H,3-4,13-14,16H2,1-2H3/b12-10+. The number of nitrogens with zero attached hydrogens (tertiary/aromatic N) is 3. The van der Waals surface area contributed by atoms with Gasteiger partial charge in [0.1, 0.15) is 0 Å². The number of carbonyl (C=O) groups is 1. The zero-order valence-electron chi connectivity index (χ0n) is 17.2. The van der Waals surface area contributed by atoms with E-state index in [-0.39, 0.29) is 12.7 Å². The molecule has 3 aromatic rings. The van der Waals surface area contributed by atoms with Crippen LogP contribution in [-0.2, 0) is 4.79 Å². The second-order valence-corrected chi connectivity index (χ2v) is 7.94. The number of hydrogen-bond acceptors (Lipinski definition) is 6. The van der Waals surface area contributed by atoms with E-state index in [0.29, 0.717) is 12.3 Å². The van der Waals surface area contributed by atoms with Gasteiger partial charge in [0.15, 0.2) is 16.6 Å². The third-order valence-corrected chi connectivity index (χ3v) is 6.19. The molecule has 0 saturated carbocycles. The van der Waals surface area contributed by atoms with Crippen molar-refractivity contribution in [2.75, 3.05) is 37.9 Å². The molecule has 0 bridgehead atoms. The first-order valence-electron chi connectivity index (χ1n) is 10.1. The second-order valence-electron chi connectivity index (χ2n) is 6.93. The second kappa shape index (κ2) is 9.28. The third kappa shape index (κ3) is 4.47. The van der Waals surface area contributed by atoms with Gasteiger partial charge in [0.2, 0.25) is 6.79 Å². The number of rotatable bonds is 8. The number of aromatic nitrogens is 1. The first-order chi connectivity index (χ1) is 14.7. The molecule has 0 saturated heterocycles. The number of amides is 1. The van der Waals surface area contributed by atoms with E-state index in [0.717, 1.165) is 46.3 Å². The van der Waals surface area contributed by atoms with E-state index in [1.54, 1.807) is 22.3 Å². The van der Waals surface area contributed by atoms with Gasteiger partial charge in [0.05, 0.1) is 10.2 Å². The molecule has 0 unspecified atom stereocenters. The summed E-state index contributed by atoms with van der Waals surface area (Å²) in [5, 5.41) is 0.726. The van der Waals surface area contributed by atoms with Crippen LogP contribution in [0.3, 0.4) is 0 Å². The molecule has 2 aromatic carbocycles. The van der Waals surface area contributed by atoms with Gasteiger partial charge in [-0.25, -0.2) is 4.98 Å². The molecule has 4 rings (SSSR count). The van der Waals surface area contributed by atoms with Crippen molar-refractivity contribution < 1.29 is 14.3 Å². The maximum absolute atomic E-state index is 13.1. The largest absolute Gasteiger partial charge is 0.454 e. The molecule has 0 N–H and O–H groups in total. The van der Waals surface area contributed by atoms with E-state index < -0.39 is 0 Å². The molecule has 0 aliphatic carbocycles. The van der Waals surface area contributed by atoms with Gasteiger partial charge in [-0.3, -0.25) is 9.69 Å². The summed E-state index contributed by atoms with van der Waals surface area (Å²) in [5.41, 5.74) is 1.80. The van der Waals surface area contributed by atoms with Gasteiger partial charge in [-0.2, -0.15) is 0 Å². The molecule has 2 heterocycles. The van der Waals surface area contributed by atoms with E-state index >= 15 is 0 Å². The molecule has 30 heavy (non-hydrogen) atoms. The Morgan fingerprint density at radius 1 is 1.10 bits per heavy atom. The molecule has 1 aliphatic rings. The van der Waals surface area contributed by atoms with Gasteiger partial charge in [0, 0.05) is 19.2 Å². The lowest BCUT2D eigenvalue weighted by molar-refractivity contribution is -0.114. The van der Waals surface area contributed by atoms with Crippen LogP contribution in [0.2, 0.25) is 0 Å². The number of ether oxygens (including phenoxy) is 2. The van der Waals surface area contributed by atoms with Crippen LogP contribution in [0.1, 0.15) is 19.4 Å². The Hall–Kier alpha value is -2.90. The molecule has 156 valence electrons. The van der Waals surface area contributed by atoms with Gasteiger partial charge in [-0.15, -0.1) is 0 Å². The number of benzene rings is 2. The van der Waals surface area contributed by atoms with Crippen LogP contribution < -0.4 is 14.4 Å². The number of fused-ring (bicyclic) bond motifs is 2. The number of hydrogen-bond donors (Lipinski definition) is 0. The first-order valence-corrected chi connectivity index (χ1v) is 11.0. The molecular formula is C23H25N3O3S. The highest BCUT2D eigenvalue weighted by Gasteiger charge is 2.19. The average molecular weight is 424 g/mol. The fourth-order valence-corrected chi connectivity index (χ4v) is 4.33. The Labute approximate surface area is 180 Å². The highest BCUT2D eigenvalue weighted by atomic mass is 32.1. The average Bonchev–Trinajstić information content (AvgIpc) is 3.41. The quantitative estimate of drug-likeness (QED) is 0.502. The molecule has 0 fully saturated rings. The Balaban J connectivity index is 1.56. The Bertz CT molecular complexity index is 1030. The molecule has 1 aliphatic heterocycles. The number of thiazole rings is 1. The molecule has 1 aromatic heterocycles. The predicted molar refractivity (Wildman–Crippen MR) is 121 cm³/mol. The number of anilines is 1. The van der Waals surface area contributed by atoms with Crippen LogP contribution in [0.4, 0.5) is 5.13 Å². The summed E-state index contributed by atoms with van der Waals surface area (Å²) in [7, 11) is 0. The number of carbonyl (C=O) groups excluding carboxylic acids is 1.